The maximum Gasteiger partial charge on any atom is 0.416 e. The zero-order chi connectivity index (χ0) is 20.4. The van der Waals surface area contributed by atoms with Crippen LogP contribution in [0.15, 0.2) is 42.5 Å². The second kappa shape index (κ2) is 7.94. The van der Waals surface area contributed by atoms with Crippen LogP contribution in [0.25, 0.3) is 0 Å². The van der Waals surface area contributed by atoms with Crippen molar-refractivity contribution in [2.45, 2.75) is 31.6 Å². The minimum Gasteiger partial charge on any atom is -0.454 e. The number of ether oxygens (including phenoxy) is 2. The molecule has 4 rings (SSSR count). The van der Waals surface area contributed by atoms with Gasteiger partial charge in [0.25, 0.3) is 0 Å². The smallest absolute Gasteiger partial charge is 0.416 e. The number of carbonyl (C=O) groups excluding carboxylic acids is 1. The summed E-state index contributed by atoms with van der Waals surface area (Å²) in [5.74, 6) is 1.32. The number of hydrogen-bond donors (Lipinski definition) is 1. The third-order valence-electron chi connectivity index (χ3n) is 5.21. The predicted molar refractivity (Wildman–Crippen MR) is 99.4 cm³/mol. The molecule has 2 aliphatic heterocycles. The molecule has 0 aliphatic carbocycles. The lowest BCUT2D eigenvalue weighted by Gasteiger charge is -2.26. The average Bonchev–Trinajstić information content (AvgIpc) is 3.33. The van der Waals surface area contributed by atoms with Gasteiger partial charge in [0.15, 0.2) is 11.5 Å². The third-order valence-corrected chi connectivity index (χ3v) is 5.21. The standard InChI is InChI=1S/C21H21F3N2O3/c22-21(23,24)16-6-1-4-14(10-16)17(12-26-9-3-8-19(26)27)25-11-15-5-2-7-18-20(15)29-13-28-18/h1-2,4-7,10,17,25H,3,8-9,11-13H2. The Hall–Kier alpha value is -2.74. The van der Waals surface area contributed by atoms with E-state index in [2.05, 4.69) is 5.32 Å². The molecule has 2 heterocycles. The fourth-order valence-corrected chi connectivity index (χ4v) is 3.70. The van der Waals surface area contributed by atoms with Gasteiger partial charge in [-0.25, -0.2) is 0 Å². The monoisotopic (exact) mass is 406 g/mol. The Labute approximate surface area is 166 Å². The Morgan fingerprint density at radius 3 is 2.72 bits per heavy atom. The van der Waals surface area contributed by atoms with Gasteiger partial charge in [0.2, 0.25) is 12.7 Å². The summed E-state index contributed by atoms with van der Waals surface area (Å²) in [5, 5.41) is 3.31. The number of para-hydroxylation sites is 1. The molecule has 2 aromatic rings. The Bertz CT molecular complexity index is 901. The molecule has 0 spiro atoms. The van der Waals surface area contributed by atoms with Gasteiger partial charge < -0.3 is 19.7 Å². The predicted octanol–water partition coefficient (Wildman–Crippen LogP) is 3.89. The molecule has 1 N–H and O–H groups in total. The van der Waals surface area contributed by atoms with Crippen LogP contribution < -0.4 is 14.8 Å². The number of carbonyl (C=O) groups is 1. The highest BCUT2D eigenvalue weighted by molar-refractivity contribution is 5.78. The second-order valence-electron chi connectivity index (χ2n) is 7.15. The van der Waals surface area contributed by atoms with E-state index in [0.29, 0.717) is 43.1 Å². The normalized spacial score (nSPS) is 17.1. The Balaban J connectivity index is 1.57. The molecule has 8 heteroatoms. The van der Waals surface area contributed by atoms with Gasteiger partial charge >= 0.3 is 6.18 Å². The Morgan fingerprint density at radius 1 is 1.14 bits per heavy atom. The molecule has 154 valence electrons. The summed E-state index contributed by atoms with van der Waals surface area (Å²) >= 11 is 0. The highest BCUT2D eigenvalue weighted by Crippen LogP contribution is 2.36. The van der Waals surface area contributed by atoms with Crippen LogP contribution >= 0.6 is 0 Å². The molecule has 0 radical (unpaired) electrons. The maximum atomic E-state index is 13.2. The fraction of sp³-hybridized carbons (Fsp3) is 0.381. The van der Waals surface area contributed by atoms with E-state index in [1.54, 1.807) is 17.0 Å². The van der Waals surface area contributed by atoms with Gasteiger partial charge in [-0.05, 0) is 30.2 Å². The van der Waals surface area contributed by atoms with E-state index in [9.17, 15) is 18.0 Å². The van der Waals surface area contributed by atoms with Gasteiger partial charge in [-0.3, -0.25) is 4.79 Å². The molecule has 2 aliphatic rings. The first-order valence-electron chi connectivity index (χ1n) is 9.47. The average molecular weight is 406 g/mol. The van der Waals surface area contributed by atoms with Crippen LogP contribution in [0.2, 0.25) is 0 Å². The van der Waals surface area contributed by atoms with E-state index in [1.807, 2.05) is 12.1 Å². The van der Waals surface area contributed by atoms with Crippen molar-refractivity contribution in [3.05, 3.63) is 59.2 Å². The Kier molecular flexibility index (Phi) is 5.36. The number of nitrogens with zero attached hydrogens (tertiary/aromatic N) is 1. The maximum absolute atomic E-state index is 13.2. The summed E-state index contributed by atoms with van der Waals surface area (Å²) < 4.78 is 50.4. The van der Waals surface area contributed by atoms with Gasteiger partial charge in [0, 0.05) is 31.6 Å². The van der Waals surface area contributed by atoms with Crippen molar-refractivity contribution < 1.29 is 27.4 Å². The molecule has 29 heavy (non-hydrogen) atoms. The SMILES string of the molecule is O=C1CCCN1CC(NCc1cccc2c1OCO2)c1cccc(C(F)(F)F)c1. The first-order chi connectivity index (χ1) is 13.9. The molecule has 1 amide bonds. The van der Waals surface area contributed by atoms with E-state index in [-0.39, 0.29) is 12.7 Å². The van der Waals surface area contributed by atoms with Crippen LogP contribution in [0.3, 0.4) is 0 Å². The molecule has 0 bridgehead atoms. The van der Waals surface area contributed by atoms with Gasteiger partial charge in [-0.2, -0.15) is 13.2 Å². The van der Waals surface area contributed by atoms with Gasteiger partial charge in [0.1, 0.15) is 0 Å². The number of benzene rings is 2. The number of likely N-dealkylation sites (tertiary alicyclic amines) is 1. The molecule has 1 unspecified atom stereocenters. The van der Waals surface area contributed by atoms with Crippen molar-refractivity contribution >= 4 is 5.91 Å². The van der Waals surface area contributed by atoms with Crippen molar-refractivity contribution in [3.63, 3.8) is 0 Å². The lowest BCUT2D eigenvalue weighted by atomic mass is 10.0. The number of nitrogens with one attached hydrogen (secondary N) is 1. The molecule has 5 nitrogen and oxygen atoms in total. The van der Waals surface area contributed by atoms with Crippen LogP contribution in [0.1, 0.15) is 35.6 Å². The lowest BCUT2D eigenvalue weighted by Crippen LogP contribution is -2.36. The minimum atomic E-state index is -4.42. The van der Waals surface area contributed by atoms with Crippen molar-refractivity contribution in [2.75, 3.05) is 19.9 Å². The minimum absolute atomic E-state index is 0.0288. The second-order valence-corrected chi connectivity index (χ2v) is 7.15. The van der Waals surface area contributed by atoms with E-state index in [1.165, 1.54) is 6.07 Å². The number of rotatable bonds is 6. The summed E-state index contributed by atoms with van der Waals surface area (Å²) in [6.07, 6.45) is -3.17. The third kappa shape index (κ3) is 4.32. The van der Waals surface area contributed by atoms with Gasteiger partial charge in [0.05, 0.1) is 11.6 Å². The van der Waals surface area contributed by atoms with Crippen LogP contribution in [-0.2, 0) is 17.5 Å². The zero-order valence-corrected chi connectivity index (χ0v) is 15.7. The summed E-state index contributed by atoms with van der Waals surface area (Å²) in [6.45, 7) is 1.45. The number of halogens is 3. The van der Waals surface area contributed by atoms with Gasteiger partial charge in [-0.1, -0.05) is 24.3 Å². The number of fused-ring (bicyclic) bond motifs is 1. The molecule has 0 saturated carbocycles. The molecule has 1 saturated heterocycles. The molecule has 1 atom stereocenters. The fourth-order valence-electron chi connectivity index (χ4n) is 3.70. The summed E-state index contributed by atoms with van der Waals surface area (Å²) in [7, 11) is 0. The van der Waals surface area contributed by atoms with E-state index >= 15 is 0 Å². The zero-order valence-electron chi connectivity index (χ0n) is 15.7. The van der Waals surface area contributed by atoms with Crippen molar-refractivity contribution in [2.24, 2.45) is 0 Å². The summed E-state index contributed by atoms with van der Waals surface area (Å²) in [4.78, 5) is 13.8. The highest BCUT2D eigenvalue weighted by atomic mass is 19.4. The van der Waals surface area contributed by atoms with E-state index < -0.39 is 17.8 Å². The van der Waals surface area contributed by atoms with Crippen LogP contribution in [0.5, 0.6) is 11.5 Å². The van der Waals surface area contributed by atoms with Crippen molar-refractivity contribution in [3.8, 4) is 11.5 Å². The first-order valence-corrected chi connectivity index (χ1v) is 9.47. The molecular formula is C21H21F3N2O3. The van der Waals surface area contributed by atoms with Crippen LogP contribution in [-0.4, -0.2) is 30.7 Å². The quantitative estimate of drug-likeness (QED) is 0.791. The molecular weight excluding hydrogens is 385 g/mol. The number of alkyl halides is 3. The van der Waals surface area contributed by atoms with Crippen LogP contribution in [0.4, 0.5) is 13.2 Å². The molecule has 2 aromatic carbocycles. The number of amides is 1. The van der Waals surface area contributed by atoms with Gasteiger partial charge in [-0.15, -0.1) is 0 Å². The molecule has 1 fully saturated rings. The summed E-state index contributed by atoms with van der Waals surface area (Å²) in [6, 6.07) is 10.3. The van der Waals surface area contributed by atoms with Crippen molar-refractivity contribution in [1.82, 2.24) is 10.2 Å². The topological polar surface area (TPSA) is 50.8 Å². The lowest BCUT2D eigenvalue weighted by molar-refractivity contribution is -0.137. The first kappa shape index (κ1) is 19.6. The highest BCUT2D eigenvalue weighted by Gasteiger charge is 2.32. The largest absolute Gasteiger partial charge is 0.454 e. The Morgan fingerprint density at radius 2 is 1.97 bits per heavy atom. The summed E-state index contributed by atoms with van der Waals surface area (Å²) in [5.41, 5.74) is 0.640. The van der Waals surface area contributed by atoms with E-state index in [0.717, 1.165) is 24.1 Å². The molecule has 0 aromatic heterocycles. The van der Waals surface area contributed by atoms with Crippen molar-refractivity contribution in [1.29, 1.82) is 0 Å². The van der Waals surface area contributed by atoms with Crippen LogP contribution in [0, 0.1) is 0 Å². The van der Waals surface area contributed by atoms with E-state index in [4.69, 9.17) is 9.47 Å². The number of hydrogen-bond acceptors (Lipinski definition) is 4.